The molecule has 0 aliphatic heterocycles. The van der Waals surface area contributed by atoms with E-state index in [1.54, 1.807) is 26.0 Å². The smallest absolute Gasteiger partial charge is 0.211 e. The number of rotatable bonds is 4. The Labute approximate surface area is 100 Å². The van der Waals surface area contributed by atoms with E-state index in [2.05, 4.69) is 10.3 Å². The van der Waals surface area contributed by atoms with Crippen molar-refractivity contribution in [3.8, 4) is 0 Å². The molecule has 0 unspecified atom stereocenters. The molecular weight excluding hydrogens is 216 g/mol. The maximum Gasteiger partial charge on any atom is 0.211 e. The van der Waals surface area contributed by atoms with Gasteiger partial charge >= 0.3 is 0 Å². The van der Waals surface area contributed by atoms with Crippen molar-refractivity contribution in [3.63, 3.8) is 0 Å². The molecule has 90 valence electrons. The van der Waals surface area contributed by atoms with E-state index in [9.17, 15) is 4.79 Å². The number of amides is 1. The van der Waals surface area contributed by atoms with E-state index in [0.717, 1.165) is 0 Å². The molecule has 0 aliphatic rings. The first-order valence-electron chi connectivity index (χ1n) is 5.13. The van der Waals surface area contributed by atoms with E-state index in [1.165, 1.54) is 0 Å². The molecule has 0 bridgehead atoms. The van der Waals surface area contributed by atoms with Gasteiger partial charge in [-0.15, -0.1) is 0 Å². The van der Waals surface area contributed by atoms with Gasteiger partial charge in [-0.25, -0.2) is 4.99 Å². The summed E-state index contributed by atoms with van der Waals surface area (Å²) in [6, 6.07) is 7.23. The highest BCUT2D eigenvalue weighted by atomic mass is 16.1. The highest BCUT2D eigenvalue weighted by molar-refractivity contribution is 6.01. The van der Waals surface area contributed by atoms with Gasteiger partial charge in [0.2, 0.25) is 6.41 Å². The number of hydrogen-bond donors (Lipinski definition) is 3. The second kappa shape index (κ2) is 5.69. The molecule has 0 heterocycles. The number of nitrogens with zero attached hydrogens (tertiary/aromatic N) is 1. The second-order valence-corrected chi connectivity index (χ2v) is 3.58. The average Bonchev–Trinajstić information content (AvgIpc) is 2.28. The highest BCUT2D eigenvalue weighted by Gasteiger charge is 2.05. The lowest BCUT2D eigenvalue weighted by atomic mass is 10.2. The van der Waals surface area contributed by atoms with Crippen LogP contribution in [0.25, 0.3) is 0 Å². The van der Waals surface area contributed by atoms with Gasteiger partial charge in [-0.05, 0) is 26.0 Å². The minimum absolute atomic E-state index is 0.493. The molecule has 0 atom stereocenters. The molecule has 5 heteroatoms. The number of benzene rings is 1. The number of anilines is 1. The Morgan fingerprint density at radius 3 is 2.53 bits per heavy atom. The first kappa shape index (κ1) is 12.8. The molecule has 0 spiro atoms. The Balaban J connectivity index is 3.11. The Morgan fingerprint density at radius 2 is 2.00 bits per heavy atom. The van der Waals surface area contributed by atoms with Gasteiger partial charge in [0.05, 0.1) is 22.8 Å². The quantitative estimate of drug-likeness (QED) is 0.415. The molecule has 0 aliphatic carbocycles. The van der Waals surface area contributed by atoms with Crippen LogP contribution in [0.5, 0.6) is 0 Å². The largest absolute Gasteiger partial charge is 0.401 e. The first-order chi connectivity index (χ1) is 8.06. The van der Waals surface area contributed by atoms with E-state index in [4.69, 9.17) is 11.5 Å². The maximum atomic E-state index is 10.5. The van der Waals surface area contributed by atoms with E-state index in [1.807, 2.05) is 12.1 Å². The number of nitrogen functional groups attached to an aromatic ring is 1. The number of allylic oxidation sites excluding steroid dienone is 2. The van der Waals surface area contributed by atoms with Crippen LogP contribution < -0.4 is 16.8 Å². The molecule has 1 aromatic carbocycles. The Morgan fingerprint density at radius 1 is 1.35 bits per heavy atom. The van der Waals surface area contributed by atoms with Crippen molar-refractivity contribution < 1.29 is 4.79 Å². The average molecular weight is 232 g/mol. The van der Waals surface area contributed by atoms with Crippen molar-refractivity contribution in [2.75, 3.05) is 5.73 Å². The van der Waals surface area contributed by atoms with Crippen LogP contribution >= 0.6 is 0 Å². The van der Waals surface area contributed by atoms with Crippen molar-refractivity contribution in [2.45, 2.75) is 13.8 Å². The van der Waals surface area contributed by atoms with Crippen LogP contribution in [0.3, 0.4) is 0 Å². The lowest BCUT2D eigenvalue weighted by Crippen LogP contribution is -2.21. The van der Waals surface area contributed by atoms with E-state index >= 15 is 0 Å². The van der Waals surface area contributed by atoms with Crippen LogP contribution in [-0.2, 0) is 4.79 Å². The number of carbonyl (C=O) groups excluding carboxylic acids is 1. The summed E-state index contributed by atoms with van der Waals surface area (Å²) in [5.41, 5.74) is 14.3. The molecule has 1 aromatic rings. The summed E-state index contributed by atoms with van der Waals surface area (Å²) in [7, 11) is 0. The third kappa shape index (κ3) is 3.34. The summed E-state index contributed by atoms with van der Waals surface area (Å²) in [5, 5.41) is 2.52. The minimum Gasteiger partial charge on any atom is -0.401 e. The topological polar surface area (TPSA) is 93.5 Å². The molecule has 17 heavy (non-hydrogen) atoms. The Kier molecular flexibility index (Phi) is 4.28. The minimum atomic E-state index is 0.493. The molecule has 1 amide bonds. The molecule has 0 saturated carbocycles. The molecule has 0 fully saturated rings. The zero-order valence-corrected chi connectivity index (χ0v) is 9.90. The normalized spacial score (nSPS) is 12.9. The molecule has 0 aromatic heterocycles. The zero-order chi connectivity index (χ0) is 12.8. The highest BCUT2D eigenvalue weighted by Crippen LogP contribution is 2.21. The molecule has 5 nitrogen and oxygen atoms in total. The van der Waals surface area contributed by atoms with Gasteiger partial charge in [0.15, 0.2) is 0 Å². The lowest BCUT2D eigenvalue weighted by Gasteiger charge is -2.08. The fourth-order valence-electron chi connectivity index (χ4n) is 1.39. The predicted octanol–water partition coefficient (Wildman–Crippen LogP) is 1.30. The van der Waals surface area contributed by atoms with Crippen LogP contribution in [0.2, 0.25) is 0 Å². The first-order valence-corrected chi connectivity index (χ1v) is 5.13. The third-order valence-corrected chi connectivity index (χ3v) is 2.18. The second-order valence-electron chi connectivity index (χ2n) is 3.58. The molecule has 0 radical (unpaired) electrons. The maximum absolute atomic E-state index is 10.5. The van der Waals surface area contributed by atoms with Crippen LogP contribution in [0.4, 0.5) is 11.4 Å². The third-order valence-electron chi connectivity index (χ3n) is 2.18. The number of hydrogen-bond acceptors (Lipinski definition) is 4. The summed E-state index contributed by atoms with van der Waals surface area (Å²) in [4.78, 5) is 14.8. The fraction of sp³-hybridized carbons (Fsp3) is 0.167. The fourth-order valence-corrected chi connectivity index (χ4v) is 1.39. The summed E-state index contributed by atoms with van der Waals surface area (Å²) < 4.78 is 0. The zero-order valence-electron chi connectivity index (χ0n) is 9.90. The van der Waals surface area contributed by atoms with Gasteiger partial charge in [0, 0.05) is 5.70 Å². The number of nitrogens with two attached hydrogens (primary N) is 2. The Bertz CT molecular complexity index is 473. The Hall–Kier alpha value is -2.30. The van der Waals surface area contributed by atoms with Gasteiger partial charge in [-0.1, -0.05) is 12.1 Å². The summed E-state index contributed by atoms with van der Waals surface area (Å²) in [6.07, 6.45) is 0.569. The lowest BCUT2D eigenvalue weighted by molar-refractivity contribution is -0.108. The number of nitrogens with one attached hydrogen (secondary N) is 1. The van der Waals surface area contributed by atoms with Crippen molar-refractivity contribution in [1.82, 2.24) is 5.32 Å². The molecule has 0 saturated heterocycles. The number of carbonyl (C=O) groups is 1. The van der Waals surface area contributed by atoms with Gasteiger partial charge in [-0.2, -0.15) is 0 Å². The number of para-hydroxylation sites is 2. The van der Waals surface area contributed by atoms with E-state index in [-0.39, 0.29) is 0 Å². The van der Waals surface area contributed by atoms with Crippen molar-refractivity contribution >= 4 is 23.5 Å². The summed E-state index contributed by atoms with van der Waals surface area (Å²) in [6.45, 7) is 3.45. The summed E-state index contributed by atoms with van der Waals surface area (Å²) in [5.74, 6) is 0. The van der Waals surface area contributed by atoms with Crippen LogP contribution in [0.1, 0.15) is 13.8 Å². The van der Waals surface area contributed by atoms with E-state index in [0.29, 0.717) is 34.9 Å². The van der Waals surface area contributed by atoms with Crippen molar-refractivity contribution in [3.05, 3.63) is 35.7 Å². The van der Waals surface area contributed by atoms with E-state index < -0.39 is 0 Å². The van der Waals surface area contributed by atoms with Crippen LogP contribution in [0.15, 0.2) is 40.7 Å². The van der Waals surface area contributed by atoms with Gasteiger partial charge < -0.3 is 16.8 Å². The molecule has 1 rings (SSSR count). The SMILES string of the molecule is CC(=Nc1ccccc1N)C(NC=O)=C(C)N. The monoisotopic (exact) mass is 232 g/mol. The van der Waals surface area contributed by atoms with Gasteiger partial charge in [0.1, 0.15) is 0 Å². The molecule has 5 N–H and O–H groups in total. The van der Waals surface area contributed by atoms with Crippen LogP contribution in [-0.4, -0.2) is 12.1 Å². The van der Waals surface area contributed by atoms with Crippen LogP contribution in [0, 0.1) is 0 Å². The standard InChI is InChI=1S/C12H16N4O/c1-8(13)12(15-7-17)9(2)16-11-6-4-3-5-10(11)14/h3-7H,13-14H2,1-2H3,(H,15,17). The van der Waals surface area contributed by atoms with Crippen molar-refractivity contribution in [2.24, 2.45) is 10.7 Å². The van der Waals surface area contributed by atoms with Gasteiger partial charge in [-0.3, -0.25) is 4.79 Å². The summed E-state index contributed by atoms with van der Waals surface area (Å²) >= 11 is 0. The van der Waals surface area contributed by atoms with Crippen molar-refractivity contribution in [1.29, 1.82) is 0 Å². The van der Waals surface area contributed by atoms with Gasteiger partial charge in [0.25, 0.3) is 0 Å². The predicted molar refractivity (Wildman–Crippen MR) is 69.7 cm³/mol. The number of aliphatic imine (C=N–C) groups is 1. The molecular formula is C12H16N4O.